The molecule has 0 bridgehead atoms. The minimum absolute atomic E-state index is 0.0636. The number of aliphatic carboxylic acids is 1. The van der Waals surface area contributed by atoms with Crippen molar-refractivity contribution >= 4 is 12.0 Å². The van der Waals surface area contributed by atoms with E-state index in [1.165, 1.54) is 0 Å². The highest BCUT2D eigenvalue weighted by Crippen LogP contribution is 2.30. The summed E-state index contributed by atoms with van der Waals surface area (Å²) >= 11 is 0. The molecule has 0 spiro atoms. The molecule has 2 unspecified atom stereocenters. The summed E-state index contributed by atoms with van der Waals surface area (Å²) in [6, 6.07) is -0.256. The maximum atomic E-state index is 12.0. The number of rotatable bonds is 7. The van der Waals surface area contributed by atoms with Crippen LogP contribution in [0.2, 0.25) is 0 Å². The minimum atomic E-state index is -1.05. The number of hydrogen-bond acceptors (Lipinski definition) is 2. The molecule has 118 valence electrons. The van der Waals surface area contributed by atoms with Gasteiger partial charge >= 0.3 is 12.0 Å². The van der Waals surface area contributed by atoms with Crippen molar-refractivity contribution in [2.24, 2.45) is 11.3 Å². The van der Waals surface area contributed by atoms with Crippen molar-refractivity contribution in [2.75, 3.05) is 0 Å². The lowest BCUT2D eigenvalue weighted by atomic mass is 9.74. The second-order valence-corrected chi connectivity index (χ2v) is 6.80. The Morgan fingerprint density at radius 2 is 1.65 bits per heavy atom. The molecule has 0 aromatic carbocycles. The highest BCUT2D eigenvalue weighted by molar-refractivity contribution is 5.79. The van der Waals surface area contributed by atoms with Gasteiger partial charge in [-0.15, -0.1) is 0 Å². The summed E-state index contributed by atoms with van der Waals surface area (Å²) in [6.07, 6.45) is 1.98. The number of nitrogens with one attached hydrogen (secondary N) is 2. The third kappa shape index (κ3) is 5.02. The Balaban J connectivity index is 4.57. The van der Waals surface area contributed by atoms with Gasteiger partial charge < -0.3 is 15.7 Å². The van der Waals surface area contributed by atoms with Crippen molar-refractivity contribution in [3.05, 3.63) is 0 Å². The van der Waals surface area contributed by atoms with Gasteiger partial charge in [0.1, 0.15) is 0 Å². The van der Waals surface area contributed by atoms with Crippen LogP contribution in [0.1, 0.15) is 61.3 Å². The summed E-state index contributed by atoms with van der Waals surface area (Å²) in [7, 11) is 0. The highest BCUT2D eigenvalue weighted by atomic mass is 16.4. The van der Waals surface area contributed by atoms with Gasteiger partial charge in [0, 0.05) is 6.04 Å². The van der Waals surface area contributed by atoms with Crippen LogP contribution in [0.3, 0.4) is 0 Å². The van der Waals surface area contributed by atoms with Gasteiger partial charge in [-0.3, -0.25) is 4.79 Å². The topological polar surface area (TPSA) is 78.4 Å². The highest BCUT2D eigenvalue weighted by Gasteiger charge is 2.44. The lowest BCUT2D eigenvalue weighted by molar-refractivity contribution is -0.150. The van der Waals surface area contributed by atoms with E-state index in [0.29, 0.717) is 5.92 Å². The zero-order chi connectivity index (χ0) is 16.1. The Hall–Kier alpha value is -1.26. The fourth-order valence-electron chi connectivity index (χ4n) is 1.80. The van der Waals surface area contributed by atoms with Gasteiger partial charge in [0.25, 0.3) is 0 Å². The third-order valence-electron chi connectivity index (χ3n) is 4.35. The Morgan fingerprint density at radius 1 is 1.15 bits per heavy atom. The van der Waals surface area contributed by atoms with E-state index in [1.54, 1.807) is 27.7 Å². The quantitative estimate of drug-likeness (QED) is 0.673. The zero-order valence-electron chi connectivity index (χ0n) is 13.8. The monoisotopic (exact) mass is 286 g/mol. The number of carboxylic acid groups (broad SMARTS) is 1. The Bertz CT molecular complexity index is 351. The number of carbonyl (C=O) groups excluding carboxylic acids is 1. The molecule has 0 aromatic heterocycles. The lowest BCUT2D eigenvalue weighted by Crippen LogP contribution is -2.59. The molecule has 0 aliphatic heterocycles. The number of carbonyl (C=O) groups is 2. The van der Waals surface area contributed by atoms with E-state index < -0.39 is 16.9 Å². The van der Waals surface area contributed by atoms with Crippen molar-refractivity contribution in [1.29, 1.82) is 0 Å². The molecule has 2 amide bonds. The predicted molar refractivity (Wildman–Crippen MR) is 80.7 cm³/mol. The standard InChI is InChI=1S/C15H30N2O3/c1-8-10(2)9-11(3)16-13(20)17-15(6,7)14(4,5)12(18)19/h10-11H,8-9H2,1-7H3,(H,18,19)(H2,16,17,20). The van der Waals surface area contributed by atoms with E-state index in [0.717, 1.165) is 12.8 Å². The van der Waals surface area contributed by atoms with Gasteiger partial charge in [-0.05, 0) is 47.0 Å². The molecule has 0 heterocycles. The Morgan fingerprint density at radius 3 is 2.05 bits per heavy atom. The molecule has 5 heteroatoms. The number of amides is 2. The van der Waals surface area contributed by atoms with Gasteiger partial charge in [0.05, 0.1) is 11.0 Å². The van der Waals surface area contributed by atoms with Gasteiger partial charge in [-0.1, -0.05) is 20.3 Å². The second kappa shape index (κ2) is 6.95. The van der Waals surface area contributed by atoms with Crippen molar-refractivity contribution in [1.82, 2.24) is 10.6 Å². The fraction of sp³-hybridized carbons (Fsp3) is 0.867. The first-order chi connectivity index (χ1) is 8.94. The minimum Gasteiger partial charge on any atom is -0.481 e. The summed E-state index contributed by atoms with van der Waals surface area (Å²) in [5.41, 5.74) is -1.90. The Labute approximate surface area is 122 Å². The molecular weight excluding hydrogens is 256 g/mol. The molecule has 0 saturated heterocycles. The molecule has 3 N–H and O–H groups in total. The first-order valence-corrected chi connectivity index (χ1v) is 7.26. The van der Waals surface area contributed by atoms with Crippen LogP contribution in [0.15, 0.2) is 0 Å². The number of urea groups is 1. The molecule has 2 atom stereocenters. The molecule has 0 aliphatic carbocycles. The maximum Gasteiger partial charge on any atom is 0.315 e. The van der Waals surface area contributed by atoms with Crippen molar-refractivity contribution in [3.8, 4) is 0 Å². The molecule has 0 aromatic rings. The van der Waals surface area contributed by atoms with Crippen LogP contribution < -0.4 is 10.6 Å². The summed E-state index contributed by atoms with van der Waals surface area (Å²) < 4.78 is 0. The van der Waals surface area contributed by atoms with Crippen LogP contribution in [0, 0.1) is 11.3 Å². The van der Waals surface area contributed by atoms with Gasteiger partial charge in [0.15, 0.2) is 0 Å². The molecule has 0 aliphatic rings. The summed E-state index contributed by atoms with van der Waals surface area (Å²) in [5.74, 6) is -0.385. The van der Waals surface area contributed by atoms with Gasteiger partial charge in [-0.25, -0.2) is 4.79 Å². The van der Waals surface area contributed by atoms with Gasteiger partial charge in [-0.2, -0.15) is 0 Å². The van der Waals surface area contributed by atoms with Crippen molar-refractivity contribution < 1.29 is 14.7 Å². The Kier molecular flexibility index (Phi) is 6.51. The second-order valence-electron chi connectivity index (χ2n) is 6.80. The molecule has 0 radical (unpaired) electrons. The van der Waals surface area contributed by atoms with Crippen LogP contribution >= 0.6 is 0 Å². The number of carboxylic acids is 1. The largest absolute Gasteiger partial charge is 0.481 e. The summed E-state index contributed by atoms with van der Waals surface area (Å²) in [6.45, 7) is 12.9. The molecular formula is C15H30N2O3. The van der Waals surface area contributed by atoms with Crippen molar-refractivity contribution in [3.63, 3.8) is 0 Å². The number of hydrogen-bond donors (Lipinski definition) is 3. The van der Waals surface area contributed by atoms with Crippen LogP contribution in [0.25, 0.3) is 0 Å². The normalized spacial score (nSPS) is 15.3. The molecule has 20 heavy (non-hydrogen) atoms. The maximum absolute atomic E-state index is 12.0. The third-order valence-corrected chi connectivity index (χ3v) is 4.35. The van der Waals surface area contributed by atoms with Crippen LogP contribution in [-0.2, 0) is 4.79 Å². The van der Waals surface area contributed by atoms with E-state index in [1.807, 2.05) is 6.92 Å². The molecule has 0 fully saturated rings. The summed E-state index contributed by atoms with van der Waals surface area (Å²) in [4.78, 5) is 23.3. The molecule has 0 saturated carbocycles. The molecule has 5 nitrogen and oxygen atoms in total. The predicted octanol–water partition coefficient (Wildman–Crippen LogP) is 3.00. The van der Waals surface area contributed by atoms with E-state index in [4.69, 9.17) is 0 Å². The average Bonchev–Trinajstić information content (AvgIpc) is 2.26. The smallest absolute Gasteiger partial charge is 0.315 e. The van der Waals surface area contributed by atoms with E-state index >= 15 is 0 Å². The SMILES string of the molecule is CCC(C)CC(C)NC(=O)NC(C)(C)C(C)(C)C(=O)O. The van der Waals surface area contributed by atoms with Crippen LogP contribution in [0.4, 0.5) is 4.79 Å². The van der Waals surface area contributed by atoms with E-state index in [9.17, 15) is 14.7 Å². The first kappa shape index (κ1) is 18.7. The van der Waals surface area contributed by atoms with E-state index in [-0.39, 0.29) is 12.1 Å². The van der Waals surface area contributed by atoms with Crippen LogP contribution in [-0.4, -0.2) is 28.7 Å². The fourth-order valence-corrected chi connectivity index (χ4v) is 1.80. The average molecular weight is 286 g/mol. The first-order valence-electron chi connectivity index (χ1n) is 7.26. The molecule has 0 rings (SSSR count). The van der Waals surface area contributed by atoms with Crippen LogP contribution in [0.5, 0.6) is 0 Å². The van der Waals surface area contributed by atoms with E-state index in [2.05, 4.69) is 24.5 Å². The zero-order valence-corrected chi connectivity index (χ0v) is 13.8. The van der Waals surface area contributed by atoms with Gasteiger partial charge in [0.2, 0.25) is 0 Å². The van der Waals surface area contributed by atoms with Crippen molar-refractivity contribution in [2.45, 2.75) is 72.9 Å². The summed E-state index contributed by atoms with van der Waals surface area (Å²) in [5, 5.41) is 14.9. The lowest BCUT2D eigenvalue weighted by Gasteiger charge is -2.39.